The smallest absolute Gasteiger partial charge is 0.237 e. The van der Waals surface area contributed by atoms with Gasteiger partial charge in [-0.3, -0.25) is 4.79 Å². The third-order valence-electron chi connectivity index (χ3n) is 3.86. The summed E-state index contributed by atoms with van der Waals surface area (Å²) in [7, 11) is 1.54. The molecule has 1 heterocycles. The zero-order valence-electron chi connectivity index (χ0n) is 15.0. The summed E-state index contributed by atoms with van der Waals surface area (Å²) in [5, 5.41) is 15.3. The van der Waals surface area contributed by atoms with Crippen molar-refractivity contribution in [3.8, 4) is 11.4 Å². The highest BCUT2D eigenvalue weighted by Gasteiger charge is 2.21. The number of tetrazole rings is 1. The van der Waals surface area contributed by atoms with Gasteiger partial charge in [0.05, 0.1) is 23.7 Å². The van der Waals surface area contributed by atoms with Gasteiger partial charge < -0.3 is 10.1 Å². The number of carbonyl (C=O) groups excluding carboxylic acids is 1. The summed E-state index contributed by atoms with van der Waals surface area (Å²) >= 11 is 7.28. The number of amides is 1. The molecule has 3 aromatic rings. The highest BCUT2D eigenvalue weighted by molar-refractivity contribution is 8.00. The molecule has 0 radical (unpaired) electrons. The average molecular weight is 404 g/mol. The largest absolute Gasteiger partial charge is 0.495 e. The normalized spacial score (nSPS) is 11.9. The molecule has 0 aliphatic heterocycles. The summed E-state index contributed by atoms with van der Waals surface area (Å²) in [5.41, 5.74) is 2.42. The minimum Gasteiger partial charge on any atom is -0.495 e. The Labute approximate surface area is 166 Å². The third kappa shape index (κ3) is 4.40. The average Bonchev–Trinajstić information content (AvgIpc) is 3.10. The number of aromatic nitrogens is 4. The molecular weight excluding hydrogens is 386 g/mol. The molecule has 0 aliphatic carbocycles. The molecule has 0 bridgehead atoms. The lowest BCUT2D eigenvalue weighted by atomic mass is 10.2. The van der Waals surface area contributed by atoms with Crippen LogP contribution in [-0.4, -0.2) is 38.5 Å². The minimum absolute atomic E-state index is 0.208. The molecule has 0 unspecified atom stereocenters. The Morgan fingerprint density at radius 3 is 2.81 bits per heavy atom. The SMILES string of the molecule is COc1ccc(Cl)cc1NC(=O)[C@H](C)Sc1nnnn1-c1ccccc1C. The molecule has 2 aromatic carbocycles. The molecule has 27 heavy (non-hydrogen) atoms. The number of thioether (sulfide) groups is 1. The van der Waals surface area contributed by atoms with Gasteiger partial charge in [-0.2, -0.15) is 4.68 Å². The van der Waals surface area contributed by atoms with E-state index in [0.29, 0.717) is 21.6 Å². The molecule has 1 aromatic heterocycles. The lowest BCUT2D eigenvalue weighted by Crippen LogP contribution is -2.23. The maximum Gasteiger partial charge on any atom is 0.237 e. The van der Waals surface area contributed by atoms with Crippen LogP contribution in [0.25, 0.3) is 5.69 Å². The summed E-state index contributed by atoms with van der Waals surface area (Å²) in [6.45, 7) is 3.76. The predicted molar refractivity (Wildman–Crippen MR) is 106 cm³/mol. The number of carbonyl (C=O) groups is 1. The topological polar surface area (TPSA) is 81.9 Å². The maximum atomic E-state index is 12.6. The molecule has 140 valence electrons. The number of anilines is 1. The van der Waals surface area contributed by atoms with Crippen molar-refractivity contribution < 1.29 is 9.53 Å². The van der Waals surface area contributed by atoms with Crippen molar-refractivity contribution in [1.29, 1.82) is 0 Å². The number of para-hydroxylation sites is 1. The number of nitrogens with one attached hydrogen (secondary N) is 1. The molecule has 0 fully saturated rings. The van der Waals surface area contributed by atoms with Crippen molar-refractivity contribution in [2.24, 2.45) is 0 Å². The highest BCUT2D eigenvalue weighted by Crippen LogP contribution is 2.30. The number of hydrogen-bond donors (Lipinski definition) is 1. The number of aryl methyl sites for hydroxylation is 1. The van der Waals surface area contributed by atoms with E-state index in [4.69, 9.17) is 16.3 Å². The zero-order valence-corrected chi connectivity index (χ0v) is 16.6. The molecule has 0 spiro atoms. The van der Waals surface area contributed by atoms with Crippen molar-refractivity contribution in [2.75, 3.05) is 12.4 Å². The third-order valence-corrected chi connectivity index (χ3v) is 5.12. The molecular formula is C18H18ClN5O2S. The van der Waals surface area contributed by atoms with E-state index in [-0.39, 0.29) is 5.91 Å². The Morgan fingerprint density at radius 2 is 2.07 bits per heavy atom. The number of halogens is 1. The Bertz CT molecular complexity index is 962. The molecule has 3 rings (SSSR count). The van der Waals surface area contributed by atoms with Crippen LogP contribution in [0.2, 0.25) is 5.02 Å². The van der Waals surface area contributed by atoms with Gasteiger partial charge in [-0.15, -0.1) is 5.10 Å². The molecule has 0 saturated carbocycles. The summed E-state index contributed by atoms with van der Waals surface area (Å²) in [6, 6.07) is 12.8. The van der Waals surface area contributed by atoms with E-state index < -0.39 is 5.25 Å². The molecule has 1 atom stereocenters. The van der Waals surface area contributed by atoms with E-state index in [9.17, 15) is 4.79 Å². The molecule has 1 amide bonds. The molecule has 7 nitrogen and oxygen atoms in total. The maximum absolute atomic E-state index is 12.6. The van der Waals surface area contributed by atoms with Crippen molar-refractivity contribution in [1.82, 2.24) is 20.2 Å². The summed E-state index contributed by atoms with van der Waals surface area (Å²) < 4.78 is 6.89. The van der Waals surface area contributed by atoms with Crippen LogP contribution in [0.1, 0.15) is 12.5 Å². The van der Waals surface area contributed by atoms with E-state index in [1.807, 2.05) is 31.2 Å². The lowest BCUT2D eigenvalue weighted by molar-refractivity contribution is -0.115. The standard InChI is InChI=1S/C18H18ClN5O2S/c1-11-6-4-5-7-15(11)24-18(21-22-23-24)27-12(2)17(25)20-14-10-13(19)8-9-16(14)26-3/h4-10,12H,1-3H3,(H,20,25)/t12-/m0/s1. The van der Waals surface area contributed by atoms with Crippen LogP contribution in [0.3, 0.4) is 0 Å². The second-order valence-corrected chi connectivity index (χ2v) is 7.50. The number of rotatable bonds is 6. The van der Waals surface area contributed by atoms with Crippen LogP contribution in [0, 0.1) is 6.92 Å². The van der Waals surface area contributed by atoms with E-state index in [1.54, 1.807) is 29.8 Å². The quantitative estimate of drug-likeness (QED) is 0.631. The van der Waals surface area contributed by atoms with E-state index >= 15 is 0 Å². The van der Waals surface area contributed by atoms with Gasteiger partial charge in [-0.1, -0.05) is 41.6 Å². The second-order valence-electron chi connectivity index (χ2n) is 5.75. The van der Waals surface area contributed by atoms with Gasteiger partial charge in [0.2, 0.25) is 11.1 Å². The predicted octanol–water partition coefficient (Wildman–Crippen LogP) is 3.75. The fourth-order valence-electron chi connectivity index (χ4n) is 2.43. The Hall–Kier alpha value is -2.58. The van der Waals surface area contributed by atoms with Crippen molar-refractivity contribution >= 4 is 35.0 Å². The van der Waals surface area contributed by atoms with Gasteiger partial charge in [0.25, 0.3) is 0 Å². The molecule has 0 aliphatic rings. The summed E-state index contributed by atoms with van der Waals surface area (Å²) in [6.07, 6.45) is 0. The minimum atomic E-state index is -0.442. The fraction of sp³-hybridized carbons (Fsp3) is 0.222. The first-order chi connectivity index (χ1) is 13.0. The number of methoxy groups -OCH3 is 1. The van der Waals surface area contributed by atoms with Gasteiger partial charge in [0.1, 0.15) is 5.75 Å². The molecule has 9 heteroatoms. The number of hydrogen-bond acceptors (Lipinski definition) is 6. The van der Waals surface area contributed by atoms with Crippen LogP contribution < -0.4 is 10.1 Å². The van der Waals surface area contributed by atoms with Crippen LogP contribution in [-0.2, 0) is 4.79 Å². The van der Waals surface area contributed by atoms with E-state index in [2.05, 4.69) is 20.8 Å². The van der Waals surface area contributed by atoms with Gasteiger partial charge in [0.15, 0.2) is 0 Å². The van der Waals surface area contributed by atoms with E-state index in [1.165, 1.54) is 18.9 Å². The van der Waals surface area contributed by atoms with Crippen LogP contribution >= 0.6 is 23.4 Å². The van der Waals surface area contributed by atoms with Crippen LogP contribution in [0.5, 0.6) is 5.75 Å². The second kappa shape index (κ2) is 8.41. The first-order valence-electron chi connectivity index (χ1n) is 8.15. The molecule has 1 N–H and O–H groups in total. The molecule has 0 saturated heterocycles. The zero-order chi connectivity index (χ0) is 19.4. The van der Waals surface area contributed by atoms with E-state index in [0.717, 1.165) is 11.3 Å². The van der Waals surface area contributed by atoms with Crippen molar-refractivity contribution in [3.63, 3.8) is 0 Å². The Balaban J connectivity index is 1.76. The Morgan fingerprint density at radius 1 is 1.30 bits per heavy atom. The highest BCUT2D eigenvalue weighted by atomic mass is 35.5. The lowest BCUT2D eigenvalue weighted by Gasteiger charge is -2.14. The van der Waals surface area contributed by atoms with Gasteiger partial charge in [-0.05, 0) is 54.1 Å². The van der Waals surface area contributed by atoms with Crippen LogP contribution in [0.4, 0.5) is 5.69 Å². The summed E-state index contributed by atoms with van der Waals surface area (Å²) in [5.74, 6) is 0.328. The van der Waals surface area contributed by atoms with Crippen LogP contribution in [0.15, 0.2) is 47.6 Å². The van der Waals surface area contributed by atoms with Gasteiger partial charge in [0, 0.05) is 5.02 Å². The van der Waals surface area contributed by atoms with Gasteiger partial charge in [-0.25, -0.2) is 0 Å². The van der Waals surface area contributed by atoms with Gasteiger partial charge >= 0.3 is 0 Å². The summed E-state index contributed by atoms with van der Waals surface area (Å²) in [4.78, 5) is 12.6. The number of nitrogens with zero attached hydrogens (tertiary/aromatic N) is 4. The number of ether oxygens (including phenoxy) is 1. The van der Waals surface area contributed by atoms with Crippen molar-refractivity contribution in [2.45, 2.75) is 24.3 Å². The van der Waals surface area contributed by atoms with Crippen molar-refractivity contribution in [3.05, 3.63) is 53.1 Å². The Kier molecular flexibility index (Phi) is 5.98. The first-order valence-corrected chi connectivity index (χ1v) is 9.41. The fourth-order valence-corrected chi connectivity index (χ4v) is 3.40. The number of benzene rings is 2. The first kappa shape index (κ1) is 19.2. The monoisotopic (exact) mass is 403 g/mol.